The van der Waals surface area contributed by atoms with Gasteiger partial charge in [0.15, 0.2) is 6.10 Å². The maximum Gasteiger partial charge on any atom is 0.405 e. The van der Waals surface area contributed by atoms with Crippen LogP contribution in [0.25, 0.3) is 0 Å². The number of primary amides is 1. The van der Waals surface area contributed by atoms with Crippen LogP contribution in [0.15, 0.2) is 0 Å². The summed E-state index contributed by atoms with van der Waals surface area (Å²) in [6, 6.07) is 0. The lowest BCUT2D eigenvalue weighted by molar-refractivity contribution is -0.129. The SMILES string of the molecule is CNC(=O)C(CCCC(C)(C)C)OC(N)=O. The molecule has 0 aromatic rings. The molecule has 0 bridgehead atoms. The van der Waals surface area contributed by atoms with Crippen LogP contribution in [0.2, 0.25) is 0 Å². The minimum Gasteiger partial charge on any atom is -0.436 e. The molecule has 3 N–H and O–H groups in total. The van der Waals surface area contributed by atoms with Crippen LogP contribution in [0.5, 0.6) is 0 Å². The third-order valence-electron chi connectivity index (χ3n) is 2.19. The van der Waals surface area contributed by atoms with Crippen LogP contribution >= 0.6 is 0 Å². The normalized spacial score (nSPS) is 13.0. The molecule has 1 unspecified atom stereocenters. The second kappa shape index (κ2) is 6.35. The lowest BCUT2D eigenvalue weighted by Gasteiger charge is -2.20. The first-order valence-corrected chi connectivity index (χ1v) is 5.44. The summed E-state index contributed by atoms with van der Waals surface area (Å²) in [6.45, 7) is 6.37. The summed E-state index contributed by atoms with van der Waals surface area (Å²) in [4.78, 5) is 22.0. The largest absolute Gasteiger partial charge is 0.436 e. The summed E-state index contributed by atoms with van der Waals surface area (Å²) in [7, 11) is 1.50. The highest BCUT2D eigenvalue weighted by molar-refractivity contribution is 5.82. The zero-order valence-electron chi connectivity index (χ0n) is 10.5. The Balaban J connectivity index is 4.12. The number of amides is 2. The number of carbonyl (C=O) groups excluding carboxylic acids is 2. The quantitative estimate of drug-likeness (QED) is 0.749. The van der Waals surface area contributed by atoms with Crippen LogP contribution in [0.3, 0.4) is 0 Å². The van der Waals surface area contributed by atoms with Crippen molar-refractivity contribution in [2.45, 2.75) is 46.1 Å². The van der Waals surface area contributed by atoms with Crippen LogP contribution < -0.4 is 11.1 Å². The summed E-state index contributed by atoms with van der Waals surface area (Å²) >= 11 is 0. The molecule has 0 radical (unpaired) electrons. The Hall–Kier alpha value is -1.26. The highest BCUT2D eigenvalue weighted by Gasteiger charge is 2.21. The summed E-state index contributed by atoms with van der Waals surface area (Å²) in [5.41, 5.74) is 5.11. The topological polar surface area (TPSA) is 81.4 Å². The van der Waals surface area contributed by atoms with E-state index >= 15 is 0 Å². The first-order valence-electron chi connectivity index (χ1n) is 5.44. The van der Waals surface area contributed by atoms with E-state index < -0.39 is 12.2 Å². The first-order chi connectivity index (χ1) is 7.26. The van der Waals surface area contributed by atoms with Gasteiger partial charge in [0.05, 0.1) is 0 Å². The molecular formula is C11H22N2O3. The number of hydrogen-bond acceptors (Lipinski definition) is 3. The summed E-state index contributed by atoms with van der Waals surface area (Å²) in [6.07, 6.45) is 0.589. The molecule has 0 rings (SSSR count). The fraction of sp³-hybridized carbons (Fsp3) is 0.818. The Bertz CT molecular complexity index is 246. The molecule has 0 aliphatic heterocycles. The van der Waals surface area contributed by atoms with Crippen molar-refractivity contribution in [3.8, 4) is 0 Å². The Labute approximate surface area is 96.7 Å². The van der Waals surface area contributed by atoms with Crippen molar-refractivity contribution < 1.29 is 14.3 Å². The van der Waals surface area contributed by atoms with Crippen molar-refractivity contribution in [2.75, 3.05) is 7.05 Å². The predicted octanol–water partition coefficient (Wildman–Crippen LogP) is 1.41. The fourth-order valence-electron chi connectivity index (χ4n) is 1.36. The van der Waals surface area contributed by atoms with Gasteiger partial charge in [0.1, 0.15) is 0 Å². The van der Waals surface area contributed by atoms with E-state index in [0.717, 1.165) is 12.8 Å². The summed E-state index contributed by atoms with van der Waals surface area (Å²) in [5, 5.41) is 2.45. The summed E-state index contributed by atoms with van der Waals surface area (Å²) in [5.74, 6) is -0.312. The van der Waals surface area contributed by atoms with Gasteiger partial charge in [-0.2, -0.15) is 0 Å². The lowest BCUT2D eigenvalue weighted by atomic mass is 9.89. The molecule has 0 aromatic carbocycles. The number of hydrogen-bond donors (Lipinski definition) is 2. The smallest absolute Gasteiger partial charge is 0.405 e. The van der Waals surface area contributed by atoms with Crippen LogP contribution in [-0.4, -0.2) is 25.2 Å². The Kier molecular flexibility index (Phi) is 5.85. The second-order valence-electron chi connectivity index (χ2n) is 4.99. The van der Waals surface area contributed by atoms with E-state index in [1.165, 1.54) is 7.05 Å². The van der Waals surface area contributed by atoms with Crippen LogP contribution in [0, 0.1) is 5.41 Å². The van der Waals surface area contributed by atoms with E-state index in [0.29, 0.717) is 6.42 Å². The van der Waals surface area contributed by atoms with E-state index in [-0.39, 0.29) is 11.3 Å². The molecule has 0 saturated carbocycles. The number of nitrogens with one attached hydrogen (secondary N) is 1. The van der Waals surface area contributed by atoms with Gasteiger partial charge >= 0.3 is 6.09 Å². The van der Waals surface area contributed by atoms with E-state index in [4.69, 9.17) is 10.5 Å². The van der Waals surface area contributed by atoms with Crippen LogP contribution in [-0.2, 0) is 9.53 Å². The zero-order chi connectivity index (χ0) is 12.8. The number of carbonyl (C=O) groups is 2. The van der Waals surface area contributed by atoms with Gasteiger partial charge in [0.25, 0.3) is 5.91 Å². The van der Waals surface area contributed by atoms with Gasteiger partial charge in [-0.1, -0.05) is 20.8 Å². The third-order valence-corrected chi connectivity index (χ3v) is 2.19. The van der Waals surface area contributed by atoms with Gasteiger partial charge in [-0.3, -0.25) is 4.79 Å². The summed E-state index contributed by atoms with van der Waals surface area (Å²) < 4.78 is 4.74. The van der Waals surface area contributed by atoms with Gasteiger partial charge in [-0.05, 0) is 24.7 Å². The molecule has 16 heavy (non-hydrogen) atoms. The van der Waals surface area contributed by atoms with Crippen LogP contribution in [0.4, 0.5) is 4.79 Å². The zero-order valence-corrected chi connectivity index (χ0v) is 10.5. The van der Waals surface area contributed by atoms with Crippen molar-refractivity contribution in [1.82, 2.24) is 5.32 Å². The van der Waals surface area contributed by atoms with Crippen molar-refractivity contribution in [3.63, 3.8) is 0 Å². The van der Waals surface area contributed by atoms with Crippen molar-refractivity contribution in [2.24, 2.45) is 11.1 Å². The lowest BCUT2D eigenvalue weighted by Crippen LogP contribution is -2.37. The highest BCUT2D eigenvalue weighted by Crippen LogP contribution is 2.22. The molecule has 0 saturated heterocycles. The number of likely N-dealkylation sites (N-methyl/N-ethyl adjacent to an activating group) is 1. The molecule has 2 amide bonds. The number of rotatable bonds is 5. The third kappa shape index (κ3) is 7.09. The molecule has 0 aliphatic carbocycles. The minimum atomic E-state index is -0.913. The fourth-order valence-corrected chi connectivity index (χ4v) is 1.36. The van der Waals surface area contributed by atoms with Gasteiger partial charge < -0.3 is 15.8 Å². The van der Waals surface area contributed by atoms with Crippen molar-refractivity contribution in [3.05, 3.63) is 0 Å². The Morgan fingerprint density at radius 3 is 2.31 bits per heavy atom. The van der Waals surface area contributed by atoms with Crippen LogP contribution in [0.1, 0.15) is 40.0 Å². The molecule has 5 heteroatoms. The maximum atomic E-state index is 11.4. The number of ether oxygens (including phenoxy) is 1. The highest BCUT2D eigenvalue weighted by atomic mass is 16.6. The van der Waals surface area contributed by atoms with E-state index in [1.807, 2.05) is 0 Å². The molecule has 0 heterocycles. The molecule has 5 nitrogen and oxygen atoms in total. The average molecular weight is 230 g/mol. The molecule has 1 atom stereocenters. The Morgan fingerprint density at radius 1 is 1.38 bits per heavy atom. The number of nitrogens with two attached hydrogens (primary N) is 1. The average Bonchev–Trinajstić information content (AvgIpc) is 2.12. The van der Waals surface area contributed by atoms with E-state index in [9.17, 15) is 9.59 Å². The van der Waals surface area contributed by atoms with Gasteiger partial charge in [0.2, 0.25) is 0 Å². The molecule has 0 aromatic heterocycles. The minimum absolute atomic E-state index is 0.208. The standard InChI is InChI=1S/C11H22N2O3/c1-11(2,3)7-5-6-8(9(14)13-4)16-10(12)15/h8H,5-7H2,1-4H3,(H2,12,15)(H,13,14). The second-order valence-corrected chi connectivity index (χ2v) is 4.99. The van der Waals surface area contributed by atoms with Crippen molar-refractivity contribution >= 4 is 12.0 Å². The van der Waals surface area contributed by atoms with Gasteiger partial charge in [0, 0.05) is 7.05 Å². The van der Waals surface area contributed by atoms with Gasteiger partial charge in [-0.15, -0.1) is 0 Å². The van der Waals surface area contributed by atoms with Crippen molar-refractivity contribution in [1.29, 1.82) is 0 Å². The molecule has 0 aliphatic rings. The maximum absolute atomic E-state index is 11.4. The first kappa shape index (κ1) is 14.7. The molecule has 0 fully saturated rings. The molecule has 0 spiro atoms. The van der Waals surface area contributed by atoms with Gasteiger partial charge in [-0.25, -0.2) is 4.79 Å². The predicted molar refractivity (Wildman–Crippen MR) is 61.8 cm³/mol. The monoisotopic (exact) mass is 230 g/mol. The van der Waals surface area contributed by atoms with E-state index in [2.05, 4.69) is 26.1 Å². The van der Waals surface area contributed by atoms with E-state index in [1.54, 1.807) is 0 Å². The molecule has 94 valence electrons. The Morgan fingerprint density at radius 2 is 1.94 bits per heavy atom. The molecular weight excluding hydrogens is 208 g/mol.